The van der Waals surface area contributed by atoms with Crippen LogP contribution in [0.4, 0.5) is 0 Å². The van der Waals surface area contributed by atoms with Gasteiger partial charge in [0.2, 0.25) is 0 Å². The lowest BCUT2D eigenvalue weighted by Crippen LogP contribution is -2.23. The Morgan fingerprint density at radius 1 is 1.29 bits per heavy atom. The molecule has 0 radical (unpaired) electrons. The van der Waals surface area contributed by atoms with Crippen molar-refractivity contribution in [2.75, 3.05) is 0 Å². The molecule has 0 spiro atoms. The molecule has 0 nitrogen and oxygen atoms in total. The summed E-state index contributed by atoms with van der Waals surface area (Å²) in [5, 5.41) is 0. The van der Waals surface area contributed by atoms with Crippen LogP contribution < -0.4 is 0 Å². The summed E-state index contributed by atoms with van der Waals surface area (Å²) in [7, 11) is 0. The van der Waals surface area contributed by atoms with Gasteiger partial charge in [-0.3, -0.25) is 0 Å². The molecule has 1 aromatic rings. The standard InChI is InChI=1S/C14H20/c1-4-11-7-8-12-6-5-9-14(2,3)13(12)10-11/h7-8,10H,4-6,9H2,1-3H3. The van der Waals surface area contributed by atoms with Gasteiger partial charge in [0.25, 0.3) is 0 Å². The van der Waals surface area contributed by atoms with E-state index in [0.29, 0.717) is 5.41 Å². The van der Waals surface area contributed by atoms with Gasteiger partial charge in [0.1, 0.15) is 0 Å². The number of fused-ring (bicyclic) bond motifs is 1. The number of hydrogen-bond acceptors (Lipinski definition) is 0. The Morgan fingerprint density at radius 2 is 2.07 bits per heavy atom. The van der Waals surface area contributed by atoms with Gasteiger partial charge in [0.05, 0.1) is 0 Å². The third-order valence-electron chi connectivity index (χ3n) is 3.56. The van der Waals surface area contributed by atoms with Gasteiger partial charge in [-0.2, -0.15) is 0 Å². The highest BCUT2D eigenvalue weighted by Crippen LogP contribution is 2.37. The molecule has 0 saturated carbocycles. The maximum absolute atomic E-state index is 2.43. The Kier molecular flexibility index (Phi) is 2.38. The second-order valence-corrected chi connectivity index (χ2v) is 5.08. The molecule has 0 amide bonds. The van der Waals surface area contributed by atoms with Crippen molar-refractivity contribution in [1.29, 1.82) is 0 Å². The summed E-state index contributed by atoms with van der Waals surface area (Å²) in [5.74, 6) is 0. The summed E-state index contributed by atoms with van der Waals surface area (Å²) in [5.41, 5.74) is 5.07. The van der Waals surface area contributed by atoms with Crippen molar-refractivity contribution < 1.29 is 0 Å². The molecule has 0 N–H and O–H groups in total. The summed E-state index contributed by atoms with van der Waals surface area (Å²) >= 11 is 0. The van der Waals surface area contributed by atoms with Gasteiger partial charge >= 0.3 is 0 Å². The second-order valence-electron chi connectivity index (χ2n) is 5.08. The minimum Gasteiger partial charge on any atom is -0.0613 e. The van der Waals surface area contributed by atoms with Crippen LogP contribution in [0, 0.1) is 0 Å². The van der Waals surface area contributed by atoms with Crippen LogP contribution in [0.2, 0.25) is 0 Å². The van der Waals surface area contributed by atoms with E-state index >= 15 is 0 Å². The van der Waals surface area contributed by atoms with Crippen LogP contribution in [0.1, 0.15) is 50.3 Å². The summed E-state index contributed by atoms with van der Waals surface area (Å²) in [6.45, 7) is 6.99. The molecule has 0 aliphatic heterocycles. The van der Waals surface area contributed by atoms with Crippen LogP contribution in [-0.4, -0.2) is 0 Å². The van der Waals surface area contributed by atoms with E-state index in [2.05, 4.69) is 39.0 Å². The Bertz CT molecular complexity index is 334. The smallest absolute Gasteiger partial charge is 0.0101 e. The predicted molar refractivity (Wildman–Crippen MR) is 61.8 cm³/mol. The molecule has 1 aliphatic rings. The topological polar surface area (TPSA) is 0 Å². The van der Waals surface area contributed by atoms with Gasteiger partial charge in [-0.05, 0) is 47.8 Å². The molecule has 76 valence electrons. The molecule has 0 unspecified atom stereocenters. The van der Waals surface area contributed by atoms with E-state index in [1.165, 1.54) is 24.8 Å². The van der Waals surface area contributed by atoms with Crippen LogP contribution >= 0.6 is 0 Å². The summed E-state index contributed by atoms with van der Waals surface area (Å²) in [6.07, 6.45) is 5.13. The fourth-order valence-electron chi connectivity index (χ4n) is 2.55. The molecule has 1 aromatic carbocycles. The Labute approximate surface area is 87.3 Å². The van der Waals surface area contributed by atoms with Gasteiger partial charge in [-0.25, -0.2) is 0 Å². The molecular weight excluding hydrogens is 168 g/mol. The molecule has 0 fully saturated rings. The van der Waals surface area contributed by atoms with E-state index < -0.39 is 0 Å². The van der Waals surface area contributed by atoms with Crippen molar-refractivity contribution in [3.63, 3.8) is 0 Å². The number of rotatable bonds is 1. The van der Waals surface area contributed by atoms with Crippen molar-refractivity contribution in [1.82, 2.24) is 0 Å². The van der Waals surface area contributed by atoms with Crippen molar-refractivity contribution >= 4 is 0 Å². The second kappa shape index (κ2) is 3.42. The van der Waals surface area contributed by atoms with Gasteiger partial charge in [-0.1, -0.05) is 39.0 Å². The van der Waals surface area contributed by atoms with Gasteiger partial charge < -0.3 is 0 Å². The molecule has 2 rings (SSSR count). The fourth-order valence-corrected chi connectivity index (χ4v) is 2.55. The number of benzene rings is 1. The molecule has 14 heavy (non-hydrogen) atoms. The molecule has 0 heterocycles. The first-order valence-electron chi connectivity index (χ1n) is 5.76. The maximum Gasteiger partial charge on any atom is -0.0101 e. The highest BCUT2D eigenvalue weighted by atomic mass is 14.3. The first-order chi connectivity index (χ1) is 6.63. The molecule has 1 aliphatic carbocycles. The zero-order valence-electron chi connectivity index (χ0n) is 9.56. The molecular formula is C14H20. The van der Waals surface area contributed by atoms with Crippen LogP contribution in [0.25, 0.3) is 0 Å². The highest BCUT2D eigenvalue weighted by Gasteiger charge is 2.26. The Morgan fingerprint density at radius 3 is 2.79 bits per heavy atom. The summed E-state index contributed by atoms with van der Waals surface area (Å²) in [4.78, 5) is 0. The van der Waals surface area contributed by atoms with Gasteiger partial charge in [-0.15, -0.1) is 0 Å². The van der Waals surface area contributed by atoms with E-state index in [4.69, 9.17) is 0 Å². The van der Waals surface area contributed by atoms with Gasteiger partial charge in [0.15, 0.2) is 0 Å². The van der Waals surface area contributed by atoms with Crippen molar-refractivity contribution in [2.24, 2.45) is 0 Å². The quantitative estimate of drug-likeness (QED) is 0.627. The largest absolute Gasteiger partial charge is 0.0613 e. The zero-order valence-corrected chi connectivity index (χ0v) is 9.56. The van der Waals surface area contributed by atoms with E-state index in [1.807, 2.05) is 0 Å². The van der Waals surface area contributed by atoms with Crippen LogP contribution in [0.5, 0.6) is 0 Å². The van der Waals surface area contributed by atoms with Crippen molar-refractivity contribution in [2.45, 2.75) is 51.9 Å². The Balaban J connectivity index is 2.49. The number of aryl methyl sites for hydroxylation is 2. The third kappa shape index (κ3) is 1.58. The predicted octanol–water partition coefficient (Wildman–Crippen LogP) is 3.86. The van der Waals surface area contributed by atoms with Gasteiger partial charge in [0, 0.05) is 0 Å². The average molecular weight is 188 g/mol. The minimum absolute atomic E-state index is 0.402. The number of hydrogen-bond donors (Lipinski definition) is 0. The summed E-state index contributed by atoms with van der Waals surface area (Å²) < 4.78 is 0. The van der Waals surface area contributed by atoms with Crippen LogP contribution in [-0.2, 0) is 18.3 Å². The lowest BCUT2D eigenvalue weighted by Gasteiger charge is -2.33. The molecule has 0 heteroatoms. The maximum atomic E-state index is 2.43. The normalized spacial score (nSPS) is 19.1. The molecule has 0 bridgehead atoms. The van der Waals surface area contributed by atoms with E-state index in [1.54, 1.807) is 11.1 Å². The van der Waals surface area contributed by atoms with E-state index in [9.17, 15) is 0 Å². The monoisotopic (exact) mass is 188 g/mol. The average Bonchev–Trinajstić information content (AvgIpc) is 2.17. The summed E-state index contributed by atoms with van der Waals surface area (Å²) in [6, 6.07) is 7.06. The lowest BCUT2D eigenvalue weighted by atomic mass is 9.72. The van der Waals surface area contributed by atoms with E-state index in [-0.39, 0.29) is 0 Å². The molecule has 0 atom stereocenters. The fraction of sp³-hybridized carbons (Fsp3) is 0.571. The third-order valence-corrected chi connectivity index (χ3v) is 3.56. The highest BCUT2D eigenvalue weighted by molar-refractivity contribution is 5.39. The molecule has 0 saturated heterocycles. The van der Waals surface area contributed by atoms with Crippen molar-refractivity contribution in [3.05, 3.63) is 34.9 Å². The van der Waals surface area contributed by atoms with Crippen LogP contribution in [0.15, 0.2) is 18.2 Å². The first-order valence-corrected chi connectivity index (χ1v) is 5.76. The zero-order chi connectivity index (χ0) is 10.2. The minimum atomic E-state index is 0.402. The Hall–Kier alpha value is -0.780. The lowest BCUT2D eigenvalue weighted by molar-refractivity contribution is 0.431. The SMILES string of the molecule is CCc1ccc2c(c1)C(C)(C)CCC2. The molecule has 0 aromatic heterocycles. The van der Waals surface area contributed by atoms with Crippen LogP contribution in [0.3, 0.4) is 0 Å². The van der Waals surface area contributed by atoms with Crippen molar-refractivity contribution in [3.8, 4) is 0 Å². The van der Waals surface area contributed by atoms with E-state index in [0.717, 1.165) is 6.42 Å². The first kappa shape index (κ1) is 9.76.